The number of aryl methyl sites for hydroxylation is 1. The summed E-state index contributed by atoms with van der Waals surface area (Å²) in [5.74, 6) is -0.179. The van der Waals surface area contributed by atoms with E-state index in [1.807, 2.05) is 31.2 Å². The third-order valence-corrected chi connectivity index (χ3v) is 4.69. The predicted molar refractivity (Wildman–Crippen MR) is 105 cm³/mol. The van der Waals surface area contributed by atoms with E-state index in [-0.39, 0.29) is 18.3 Å². The van der Waals surface area contributed by atoms with Crippen molar-refractivity contribution in [2.75, 3.05) is 13.1 Å². The van der Waals surface area contributed by atoms with E-state index in [1.165, 1.54) is 38.5 Å². The fraction of sp³-hybridized carbons (Fsp3) is 0.526. The van der Waals surface area contributed by atoms with Gasteiger partial charge in [-0.2, -0.15) is 0 Å². The summed E-state index contributed by atoms with van der Waals surface area (Å²) in [6.45, 7) is 3.42. The Morgan fingerprint density at radius 2 is 1.96 bits per heavy atom. The molecule has 0 radical (unpaired) electrons. The highest BCUT2D eigenvalue weighted by atomic mass is 35.5. The van der Waals surface area contributed by atoms with Gasteiger partial charge in [0.25, 0.3) is 5.91 Å². The van der Waals surface area contributed by atoms with Gasteiger partial charge in [-0.05, 0) is 37.5 Å². The number of carbonyl (C=O) groups is 1. The van der Waals surface area contributed by atoms with Gasteiger partial charge in [0.15, 0.2) is 5.69 Å². The number of amides is 1. The molecule has 2 N–H and O–H groups in total. The van der Waals surface area contributed by atoms with Gasteiger partial charge in [-0.15, -0.1) is 17.5 Å². The van der Waals surface area contributed by atoms with Crippen molar-refractivity contribution in [3.63, 3.8) is 0 Å². The number of nitrogens with one attached hydrogen (secondary N) is 2. The van der Waals surface area contributed by atoms with Gasteiger partial charge in [0, 0.05) is 19.1 Å². The third-order valence-electron chi connectivity index (χ3n) is 4.69. The summed E-state index contributed by atoms with van der Waals surface area (Å²) in [6, 6.07) is 8.54. The van der Waals surface area contributed by atoms with E-state index in [1.54, 1.807) is 10.9 Å². The third kappa shape index (κ3) is 5.81. The highest BCUT2D eigenvalue weighted by molar-refractivity contribution is 5.91. The molecular weight excluding hydrogens is 350 g/mol. The summed E-state index contributed by atoms with van der Waals surface area (Å²) in [6.07, 6.45) is 9.50. The Kier molecular flexibility index (Phi) is 8.06. The lowest BCUT2D eigenvalue weighted by molar-refractivity contribution is 0.0948. The molecule has 1 aromatic carbocycles. The van der Waals surface area contributed by atoms with Crippen LogP contribution in [0.4, 0.5) is 0 Å². The molecule has 1 saturated carbocycles. The lowest BCUT2D eigenvalue weighted by atomic mass is 10.1. The molecule has 1 heterocycles. The molecule has 7 heteroatoms. The summed E-state index contributed by atoms with van der Waals surface area (Å²) in [4.78, 5) is 12.2. The second-order valence-corrected chi connectivity index (χ2v) is 6.79. The number of benzene rings is 1. The topological polar surface area (TPSA) is 71.8 Å². The molecule has 1 amide bonds. The highest BCUT2D eigenvalue weighted by Gasteiger charge is 2.13. The van der Waals surface area contributed by atoms with Gasteiger partial charge in [0.2, 0.25) is 0 Å². The van der Waals surface area contributed by atoms with Crippen LogP contribution in [-0.2, 0) is 0 Å². The molecule has 0 bridgehead atoms. The number of hydrogen-bond donors (Lipinski definition) is 2. The lowest BCUT2D eigenvalue weighted by Crippen LogP contribution is -2.37. The van der Waals surface area contributed by atoms with Crippen LogP contribution in [0.1, 0.15) is 54.6 Å². The summed E-state index contributed by atoms with van der Waals surface area (Å²) in [7, 11) is 0. The number of halogens is 1. The fourth-order valence-corrected chi connectivity index (χ4v) is 3.29. The largest absolute Gasteiger partial charge is 0.349 e. The number of carbonyl (C=O) groups excluding carboxylic acids is 1. The highest BCUT2D eigenvalue weighted by Crippen LogP contribution is 2.16. The number of hydrogen-bond acceptors (Lipinski definition) is 4. The molecule has 26 heavy (non-hydrogen) atoms. The Morgan fingerprint density at radius 3 is 2.69 bits per heavy atom. The molecule has 0 saturated heterocycles. The first-order chi connectivity index (χ1) is 12.2. The van der Waals surface area contributed by atoms with E-state index in [9.17, 15) is 4.79 Å². The maximum atomic E-state index is 12.2. The van der Waals surface area contributed by atoms with Crippen LogP contribution in [0.15, 0.2) is 30.5 Å². The molecule has 2 aromatic rings. The first-order valence-corrected chi connectivity index (χ1v) is 9.23. The molecule has 1 aromatic heterocycles. The standard InChI is InChI=1S/C19H27N5O.ClH/c1-15-7-6-10-17(13-15)24-14-18(22-23-24)19(25)21-12-11-20-16-8-4-2-3-5-9-16;/h6-7,10,13-14,16,20H,2-5,8-9,11-12H2,1H3,(H,21,25);1H. The van der Waals surface area contributed by atoms with Crippen LogP contribution in [0, 0.1) is 6.92 Å². The second-order valence-electron chi connectivity index (χ2n) is 6.79. The van der Waals surface area contributed by atoms with Crippen LogP contribution < -0.4 is 10.6 Å². The van der Waals surface area contributed by atoms with Crippen LogP contribution in [0.3, 0.4) is 0 Å². The van der Waals surface area contributed by atoms with Gasteiger partial charge in [0.1, 0.15) is 0 Å². The minimum atomic E-state index is -0.179. The van der Waals surface area contributed by atoms with Crippen molar-refractivity contribution in [2.24, 2.45) is 0 Å². The van der Waals surface area contributed by atoms with E-state index < -0.39 is 0 Å². The van der Waals surface area contributed by atoms with Crippen molar-refractivity contribution in [1.82, 2.24) is 25.6 Å². The van der Waals surface area contributed by atoms with Crippen LogP contribution >= 0.6 is 12.4 Å². The van der Waals surface area contributed by atoms with E-state index in [0.717, 1.165) is 17.8 Å². The molecule has 1 aliphatic rings. The number of nitrogens with zero attached hydrogens (tertiary/aromatic N) is 3. The monoisotopic (exact) mass is 377 g/mol. The Labute approximate surface area is 161 Å². The summed E-state index contributed by atoms with van der Waals surface area (Å²) >= 11 is 0. The SMILES string of the molecule is Cc1cccc(-n2cc(C(=O)NCCNC3CCCCCC3)nn2)c1.Cl. The van der Waals surface area contributed by atoms with Gasteiger partial charge in [-0.25, -0.2) is 4.68 Å². The van der Waals surface area contributed by atoms with Crippen LogP contribution in [0.25, 0.3) is 5.69 Å². The average Bonchev–Trinajstić information content (AvgIpc) is 2.97. The Morgan fingerprint density at radius 1 is 1.19 bits per heavy atom. The molecule has 0 spiro atoms. The van der Waals surface area contributed by atoms with Gasteiger partial charge < -0.3 is 10.6 Å². The van der Waals surface area contributed by atoms with Crippen molar-refractivity contribution in [3.8, 4) is 5.69 Å². The normalized spacial score (nSPS) is 15.1. The smallest absolute Gasteiger partial charge is 0.273 e. The number of rotatable bonds is 6. The van der Waals surface area contributed by atoms with Gasteiger partial charge in [-0.3, -0.25) is 4.79 Å². The molecule has 1 aliphatic carbocycles. The molecule has 6 nitrogen and oxygen atoms in total. The molecule has 142 valence electrons. The Hall–Kier alpha value is -1.92. The summed E-state index contributed by atoms with van der Waals surface area (Å²) < 4.78 is 1.63. The van der Waals surface area contributed by atoms with Crippen molar-refractivity contribution in [3.05, 3.63) is 41.7 Å². The van der Waals surface area contributed by atoms with E-state index in [0.29, 0.717) is 18.3 Å². The van der Waals surface area contributed by atoms with Gasteiger partial charge >= 0.3 is 0 Å². The molecule has 0 atom stereocenters. The van der Waals surface area contributed by atoms with Crippen molar-refractivity contribution < 1.29 is 4.79 Å². The maximum absolute atomic E-state index is 12.2. The van der Waals surface area contributed by atoms with Crippen molar-refractivity contribution >= 4 is 18.3 Å². The van der Waals surface area contributed by atoms with Gasteiger partial charge in [-0.1, -0.05) is 43.0 Å². The molecule has 1 fully saturated rings. The first kappa shape index (κ1) is 20.4. The van der Waals surface area contributed by atoms with Gasteiger partial charge in [0.05, 0.1) is 11.9 Å². The van der Waals surface area contributed by atoms with E-state index in [2.05, 4.69) is 20.9 Å². The molecule has 3 rings (SSSR count). The van der Waals surface area contributed by atoms with Crippen molar-refractivity contribution in [2.45, 2.75) is 51.5 Å². The lowest BCUT2D eigenvalue weighted by Gasteiger charge is -2.16. The number of aromatic nitrogens is 3. The summed E-state index contributed by atoms with van der Waals surface area (Å²) in [5, 5.41) is 14.5. The zero-order valence-corrected chi connectivity index (χ0v) is 16.1. The zero-order chi connectivity index (χ0) is 17.5. The predicted octanol–water partition coefficient (Wildman–Crippen LogP) is 3.04. The molecule has 0 unspecified atom stereocenters. The Bertz CT molecular complexity index is 695. The molecule has 0 aliphatic heterocycles. The maximum Gasteiger partial charge on any atom is 0.273 e. The Balaban J connectivity index is 0.00000243. The molecular formula is C19H28ClN5O. The quantitative estimate of drug-likeness (QED) is 0.599. The van der Waals surface area contributed by atoms with Crippen LogP contribution in [-0.4, -0.2) is 40.0 Å². The van der Waals surface area contributed by atoms with Crippen molar-refractivity contribution in [1.29, 1.82) is 0 Å². The van der Waals surface area contributed by atoms with E-state index >= 15 is 0 Å². The second kappa shape index (κ2) is 10.3. The average molecular weight is 378 g/mol. The minimum Gasteiger partial charge on any atom is -0.349 e. The fourth-order valence-electron chi connectivity index (χ4n) is 3.29. The summed E-state index contributed by atoms with van der Waals surface area (Å²) in [5.41, 5.74) is 2.39. The zero-order valence-electron chi connectivity index (χ0n) is 15.3. The van der Waals surface area contributed by atoms with E-state index in [4.69, 9.17) is 0 Å². The first-order valence-electron chi connectivity index (χ1n) is 9.23. The minimum absolute atomic E-state index is 0. The van der Waals surface area contributed by atoms with Crippen LogP contribution in [0.2, 0.25) is 0 Å². The van der Waals surface area contributed by atoms with Crippen LogP contribution in [0.5, 0.6) is 0 Å².